The number of aromatic nitrogens is 2. The predicted octanol–water partition coefficient (Wildman–Crippen LogP) is 2.06. The van der Waals surface area contributed by atoms with E-state index in [1.54, 1.807) is 35.6 Å². The van der Waals surface area contributed by atoms with E-state index in [-0.39, 0.29) is 43.2 Å². The molecule has 2 amide bonds. The van der Waals surface area contributed by atoms with E-state index in [2.05, 4.69) is 16.9 Å². The third-order valence-electron chi connectivity index (χ3n) is 5.49. The molecule has 0 radical (unpaired) electrons. The Morgan fingerprint density at radius 3 is 2.69 bits per heavy atom. The first-order chi connectivity index (χ1) is 18.6. The molecule has 0 aliphatic carbocycles. The molecule has 0 bridgehead atoms. The van der Waals surface area contributed by atoms with Gasteiger partial charge in [-0.25, -0.2) is 4.79 Å². The second kappa shape index (κ2) is 13.8. The summed E-state index contributed by atoms with van der Waals surface area (Å²) in [5.74, 6) is -2.85. The quantitative estimate of drug-likeness (QED) is 0.207. The normalized spacial score (nSPS) is 19.2. The number of carbonyl (C=O) groups is 2. The minimum Gasteiger partial charge on any atom is -0.394 e. The maximum Gasteiger partial charge on any atom is 0.471 e. The first-order valence-corrected chi connectivity index (χ1v) is 11.7. The minimum atomic E-state index is -5.06. The Bertz CT molecular complexity index is 1230. The summed E-state index contributed by atoms with van der Waals surface area (Å²) in [4.78, 5) is 40.6. The molecule has 3 N–H and O–H groups in total. The number of anilines is 1. The van der Waals surface area contributed by atoms with E-state index in [1.807, 2.05) is 0 Å². The average molecular weight is 553 g/mol. The van der Waals surface area contributed by atoms with Crippen LogP contribution in [0.4, 0.5) is 19.0 Å². The fraction of sp³-hybridized carbons (Fsp3) is 0.360. The molecule has 210 valence electrons. The Balaban J connectivity index is 1.84. The molecule has 1 aliphatic heterocycles. The number of alkyl halides is 3. The summed E-state index contributed by atoms with van der Waals surface area (Å²) < 4.78 is 55.0. The van der Waals surface area contributed by atoms with E-state index in [1.165, 1.54) is 18.3 Å². The van der Waals surface area contributed by atoms with Crippen molar-refractivity contribution >= 4 is 17.6 Å². The number of carbonyl (C=O) groups excluding carboxylic acids is 2. The molecule has 3 atom stereocenters. The monoisotopic (exact) mass is 552 g/mol. The van der Waals surface area contributed by atoms with Crippen molar-refractivity contribution in [3.63, 3.8) is 0 Å². The summed E-state index contributed by atoms with van der Waals surface area (Å²) in [6.07, 6.45) is -2.46. The van der Waals surface area contributed by atoms with E-state index in [9.17, 15) is 32.7 Å². The van der Waals surface area contributed by atoms with Crippen LogP contribution in [-0.2, 0) is 25.4 Å². The molecule has 1 saturated heterocycles. The molecule has 1 aromatic carbocycles. The van der Waals surface area contributed by atoms with Crippen molar-refractivity contribution in [3.8, 4) is 0 Å². The molecule has 1 fully saturated rings. The smallest absolute Gasteiger partial charge is 0.394 e. The second-order valence-corrected chi connectivity index (χ2v) is 8.23. The van der Waals surface area contributed by atoms with Gasteiger partial charge in [0, 0.05) is 29.9 Å². The number of amides is 2. The van der Waals surface area contributed by atoms with E-state index in [0.717, 1.165) is 10.8 Å². The van der Waals surface area contributed by atoms with Crippen LogP contribution in [0.25, 0.3) is 0 Å². The summed E-state index contributed by atoms with van der Waals surface area (Å²) in [5.41, 5.74) is -0.271. The van der Waals surface area contributed by atoms with Crippen molar-refractivity contribution in [2.24, 2.45) is 0 Å². The highest BCUT2D eigenvalue weighted by Gasteiger charge is 2.38. The van der Waals surface area contributed by atoms with Crippen molar-refractivity contribution in [1.82, 2.24) is 14.9 Å². The Morgan fingerprint density at radius 1 is 1.28 bits per heavy atom. The number of rotatable bonds is 12. The molecule has 0 unspecified atom stereocenters. The van der Waals surface area contributed by atoms with E-state index in [4.69, 9.17) is 14.2 Å². The van der Waals surface area contributed by atoms with Crippen molar-refractivity contribution in [3.05, 3.63) is 83.1 Å². The van der Waals surface area contributed by atoms with Gasteiger partial charge >= 0.3 is 17.8 Å². The highest BCUT2D eigenvalue weighted by Crippen LogP contribution is 2.30. The van der Waals surface area contributed by atoms with Gasteiger partial charge in [0.2, 0.25) is 0 Å². The molecule has 1 aromatic heterocycles. The molecular formula is C25H27F3N4O7. The molecule has 11 nitrogen and oxygen atoms in total. The lowest BCUT2D eigenvalue weighted by Gasteiger charge is -2.17. The Morgan fingerprint density at radius 2 is 2.03 bits per heavy atom. The largest absolute Gasteiger partial charge is 0.471 e. The molecule has 0 saturated carbocycles. The lowest BCUT2D eigenvalue weighted by molar-refractivity contribution is -0.172. The van der Waals surface area contributed by atoms with E-state index < -0.39 is 48.7 Å². The number of hydrogen-bond donors (Lipinski definition) is 3. The van der Waals surface area contributed by atoms with Gasteiger partial charge in [0.1, 0.15) is 24.9 Å². The third-order valence-corrected chi connectivity index (χ3v) is 5.49. The van der Waals surface area contributed by atoms with Gasteiger partial charge < -0.3 is 30.0 Å². The first kappa shape index (κ1) is 29.7. The van der Waals surface area contributed by atoms with Gasteiger partial charge in [-0.1, -0.05) is 30.4 Å². The molecule has 39 heavy (non-hydrogen) atoms. The Labute approximate surface area is 220 Å². The lowest BCUT2D eigenvalue weighted by atomic mass is 10.1. The number of nitrogens with one attached hydrogen (secondary N) is 2. The molecule has 2 heterocycles. The summed E-state index contributed by atoms with van der Waals surface area (Å²) in [5, 5.41) is 13.8. The molecule has 3 rings (SSSR count). The van der Waals surface area contributed by atoms with Crippen LogP contribution in [0.2, 0.25) is 0 Å². The number of ether oxygens (including phenoxy) is 3. The summed E-state index contributed by atoms with van der Waals surface area (Å²) in [6, 6.07) is 8.09. The van der Waals surface area contributed by atoms with E-state index >= 15 is 0 Å². The van der Waals surface area contributed by atoms with Gasteiger partial charge in [0.25, 0.3) is 5.91 Å². The van der Waals surface area contributed by atoms with Crippen LogP contribution < -0.4 is 16.3 Å². The molecule has 2 aromatic rings. The molecular weight excluding hydrogens is 525 g/mol. The van der Waals surface area contributed by atoms with Crippen LogP contribution in [0.1, 0.15) is 28.6 Å². The maximum atomic E-state index is 12.9. The van der Waals surface area contributed by atoms with Gasteiger partial charge in [0.15, 0.2) is 0 Å². The summed E-state index contributed by atoms with van der Waals surface area (Å²) in [7, 11) is 0. The zero-order valence-corrected chi connectivity index (χ0v) is 20.6. The van der Waals surface area contributed by atoms with Crippen LogP contribution in [0.15, 0.2) is 66.3 Å². The SMILES string of the molecule is C=CCOCO[C@H]1C[C@H](n2cc(CC=CNC(=O)C(F)(F)F)c(NC(=O)c3ccccc3)nc2=O)O[C@@H]1CO. The van der Waals surface area contributed by atoms with Gasteiger partial charge in [-0.2, -0.15) is 18.2 Å². The standard InChI is InChI=1S/C25H27F3N4O7/c1-2-11-37-15-38-18-12-20(39-19(18)14-33)32-13-17(9-6-10-29-23(35)25(26,27)28)21(31-24(32)36)30-22(34)16-7-4-3-5-8-16/h2-8,10,13,18-20,33H,1,9,11-12,14-15H2,(H,29,35)(H,30,31,34,36)/t18-,19+,20+/m0/s1. The zero-order valence-electron chi connectivity index (χ0n) is 20.6. The Hall–Kier alpha value is -3.85. The number of allylic oxidation sites excluding steroid dienone is 1. The molecule has 1 aliphatic rings. The van der Waals surface area contributed by atoms with E-state index in [0.29, 0.717) is 0 Å². The number of halogens is 3. The Kier molecular flexibility index (Phi) is 10.5. The van der Waals surface area contributed by atoms with Crippen LogP contribution in [0.3, 0.4) is 0 Å². The lowest BCUT2D eigenvalue weighted by Crippen LogP contribution is -2.33. The fourth-order valence-corrected chi connectivity index (χ4v) is 3.62. The molecule has 14 heteroatoms. The topological polar surface area (TPSA) is 141 Å². The van der Waals surface area contributed by atoms with Gasteiger partial charge in [-0.15, -0.1) is 6.58 Å². The van der Waals surface area contributed by atoms with Gasteiger partial charge in [-0.05, 0) is 18.6 Å². The zero-order chi connectivity index (χ0) is 28.4. The van der Waals surface area contributed by atoms with Crippen LogP contribution in [0.5, 0.6) is 0 Å². The number of aliphatic hydroxyl groups is 1. The first-order valence-electron chi connectivity index (χ1n) is 11.7. The number of nitrogens with zero attached hydrogens (tertiary/aromatic N) is 2. The van der Waals surface area contributed by atoms with Crippen molar-refractivity contribution in [2.45, 2.75) is 37.5 Å². The van der Waals surface area contributed by atoms with Crippen LogP contribution in [0, 0.1) is 0 Å². The van der Waals surface area contributed by atoms with Gasteiger partial charge in [0.05, 0.1) is 19.3 Å². The average Bonchev–Trinajstić information content (AvgIpc) is 3.32. The summed E-state index contributed by atoms with van der Waals surface area (Å²) in [6.45, 7) is 3.28. The maximum absolute atomic E-state index is 12.9. The third kappa shape index (κ3) is 8.32. The fourth-order valence-electron chi connectivity index (χ4n) is 3.62. The van der Waals surface area contributed by atoms with Crippen molar-refractivity contribution in [1.29, 1.82) is 0 Å². The van der Waals surface area contributed by atoms with Crippen molar-refractivity contribution < 1.29 is 42.1 Å². The molecule has 0 spiro atoms. The predicted molar refractivity (Wildman–Crippen MR) is 131 cm³/mol. The van der Waals surface area contributed by atoms with Crippen LogP contribution in [-0.4, -0.2) is 64.9 Å². The summed E-state index contributed by atoms with van der Waals surface area (Å²) >= 11 is 0. The highest BCUT2D eigenvalue weighted by molar-refractivity contribution is 6.04. The minimum absolute atomic E-state index is 0.0967. The number of aliphatic hydroxyl groups excluding tert-OH is 1. The van der Waals surface area contributed by atoms with Crippen LogP contribution >= 0.6 is 0 Å². The van der Waals surface area contributed by atoms with Crippen molar-refractivity contribution in [2.75, 3.05) is 25.3 Å². The number of hydrogen-bond acceptors (Lipinski definition) is 8. The highest BCUT2D eigenvalue weighted by atomic mass is 19.4. The second-order valence-electron chi connectivity index (χ2n) is 8.23. The number of benzene rings is 1. The van der Waals surface area contributed by atoms with Gasteiger partial charge in [-0.3, -0.25) is 14.2 Å².